The lowest BCUT2D eigenvalue weighted by atomic mass is 9.83. The van der Waals surface area contributed by atoms with Crippen molar-refractivity contribution in [3.8, 4) is 5.75 Å². The maximum absolute atomic E-state index is 12.8. The van der Waals surface area contributed by atoms with Crippen molar-refractivity contribution in [1.82, 2.24) is 9.80 Å². The normalized spacial score (nSPS) is 22.5. The lowest BCUT2D eigenvalue weighted by molar-refractivity contribution is -0.134. The molecule has 2 heterocycles. The quantitative estimate of drug-likeness (QED) is 0.794. The number of nitrogens with zero attached hydrogens (tertiary/aromatic N) is 2. The van der Waals surface area contributed by atoms with Gasteiger partial charge in [-0.25, -0.2) is 0 Å². The summed E-state index contributed by atoms with van der Waals surface area (Å²) in [6.45, 7) is 3.90. The van der Waals surface area contributed by atoms with Gasteiger partial charge >= 0.3 is 0 Å². The highest BCUT2D eigenvalue weighted by molar-refractivity contribution is 5.78. The molecule has 0 spiro atoms. The minimum atomic E-state index is 0.273. The van der Waals surface area contributed by atoms with E-state index in [1.807, 2.05) is 36.4 Å². The summed E-state index contributed by atoms with van der Waals surface area (Å²) in [5, 5.41) is 0. The van der Waals surface area contributed by atoms with Gasteiger partial charge in [0, 0.05) is 25.7 Å². The standard InChI is InChI=1S/C24H30N2O2/c1-28-22-11-5-9-20(15-22)17-25-13-6-10-21-18-26(14-12-23(21)25)24(27)16-19-7-3-2-4-8-19/h2-5,7-9,11,15,21,23H,6,10,12-14,16-18H2,1H3/t21-,23+/m1/s1. The molecule has 0 aliphatic carbocycles. The number of carbonyl (C=O) groups excluding carboxylic acids is 1. The van der Waals surface area contributed by atoms with Crippen LogP contribution in [0.1, 0.15) is 30.4 Å². The number of methoxy groups -OCH3 is 1. The molecule has 4 nitrogen and oxygen atoms in total. The Bertz CT molecular complexity index is 792. The van der Waals surface area contributed by atoms with Crippen molar-refractivity contribution in [2.45, 2.75) is 38.3 Å². The van der Waals surface area contributed by atoms with E-state index in [2.05, 4.69) is 28.0 Å². The van der Waals surface area contributed by atoms with E-state index in [1.54, 1.807) is 7.11 Å². The van der Waals surface area contributed by atoms with E-state index in [0.29, 0.717) is 18.4 Å². The van der Waals surface area contributed by atoms with Gasteiger partial charge in [-0.15, -0.1) is 0 Å². The summed E-state index contributed by atoms with van der Waals surface area (Å²) < 4.78 is 5.38. The molecule has 28 heavy (non-hydrogen) atoms. The highest BCUT2D eigenvalue weighted by Gasteiger charge is 2.37. The Morgan fingerprint density at radius 2 is 1.86 bits per heavy atom. The zero-order valence-corrected chi connectivity index (χ0v) is 16.7. The Morgan fingerprint density at radius 1 is 1.04 bits per heavy atom. The van der Waals surface area contributed by atoms with Gasteiger partial charge in [0.2, 0.25) is 5.91 Å². The first-order valence-electron chi connectivity index (χ1n) is 10.4. The van der Waals surface area contributed by atoms with Crippen molar-refractivity contribution >= 4 is 5.91 Å². The van der Waals surface area contributed by atoms with E-state index in [0.717, 1.165) is 43.9 Å². The molecule has 4 rings (SSSR count). The summed E-state index contributed by atoms with van der Waals surface area (Å²) in [6.07, 6.45) is 4.04. The number of carbonyl (C=O) groups is 1. The maximum Gasteiger partial charge on any atom is 0.227 e. The first-order chi connectivity index (χ1) is 13.7. The first-order valence-corrected chi connectivity index (χ1v) is 10.4. The first kappa shape index (κ1) is 19.0. The molecule has 0 bridgehead atoms. The Morgan fingerprint density at radius 3 is 2.68 bits per heavy atom. The molecule has 0 saturated carbocycles. The molecule has 0 unspecified atom stereocenters. The van der Waals surface area contributed by atoms with Crippen molar-refractivity contribution in [2.24, 2.45) is 5.92 Å². The zero-order chi connectivity index (χ0) is 19.3. The second-order valence-corrected chi connectivity index (χ2v) is 8.08. The molecule has 2 aromatic carbocycles. The van der Waals surface area contributed by atoms with Gasteiger partial charge in [0.05, 0.1) is 13.5 Å². The molecular formula is C24H30N2O2. The minimum Gasteiger partial charge on any atom is -0.497 e. The van der Waals surface area contributed by atoms with E-state index in [-0.39, 0.29) is 5.91 Å². The number of piperidine rings is 2. The molecular weight excluding hydrogens is 348 g/mol. The topological polar surface area (TPSA) is 32.8 Å². The number of hydrogen-bond acceptors (Lipinski definition) is 3. The van der Waals surface area contributed by atoms with E-state index < -0.39 is 0 Å². The third-order valence-corrected chi connectivity index (χ3v) is 6.25. The number of likely N-dealkylation sites (tertiary alicyclic amines) is 2. The van der Waals surface area contributed by atoms with Crippen LogP contribution < -0.4 is 4.74 Å². The van der Waals surface area contributed by atoms with Crippen LogP contribution in [0.4, 0.5) is 0 Å². The predicted octanol–water partition coefficient (Wildman–Crippen LogP) is 3.75. The van der Waals surface area contributed by atoms with Crippen LogP contribution in [-0.4, -0.2) is 48.5 Å². The largest absolute Gasteiger partial charge is 0.497 e. The van der Waals surface area contributed by atoms with Gasteiger partial charge in [-0.2, -0.15) is 0 Å². The van der Waals surface area contributed by atoms with E-state index in [9.17, 15) is 4.79 Å². The number of hydrogen-bond donors (Lipinski definition) is 0. The minimum absolute atomic E-state index is 0.273. The number of ether oxygens (including phenoxy) is 1. The van der Waals surface area contributed by atoms with Gasteiger partial charge in [-0.3, -0.25) is 9.69 Å². The molecule has 2 atom stereocenters. The van der Waals surface area contributed by atoms with Crippen molar-refractivity contribution in [2.75, 3.05) is 26.7 Å². The Kier molecular flexibility index (Phi) is 5.96. The Balaban J connectivity index is 1.37. The molecule has 0 radical (unpaired) electrons. The molecule has 4 heteroatoms. The van der Waals surface area contributed by atoms with Crippen LogP contribution in [0.3, 0.4) is 0 Å². The smallest absolute Gasteiger partial charge is 0.227 e. The van der Waals surface area contributed by atoms with Gasteiger partial charge in [-0.05, 0) is 55.0 Å². The molecule has 2 fully saturated rings. The molecule has 2 saturated heterocycles. The fourth-order valence-electron chi connectivity index (χ4n) is 4.82. The van der Waals surface area contributed by atoms with E-state index >= 15 is 0 Å². The summed E-state index contributed by atoms with van der Waals surface area (Å²) in [6, 6.07) is 19.1. The number of rotatable bonds is 5. The molecule has 0 aromatic heterocycles. The van der Waals surface area contributed by atoms with Crippen LogP contribution >= 0.6 is 0 Å². The lowest BCUT2D eigenvalue weighted by Crippen LogP contribution is -2.55. The van der Waals surface area contributed by atoms with Crippen molar-refractivity contribution in [3.05, 3.63) is 65.7 Å². The Hall–Kier alpha value is -2.33. The van der Waals surface area contributed by atoms with Crippen LogP contribution in [0.15, 0.2) is 54.6 Å². The summed E-state index contributed by atoms with van der Waals surface area (Å²) >= 11 is 0. The lowest BCUT2D eigenvalue weighted by Gasteiger charge is -2.47. The van der Waals surface area contributed by atoms with Crippen LogP contribution in [0.5, 0.6) is 5.75 Å². The molecule has 2 aliphatic heterocycles. The second-order valence-electron chi connectivity index (χ2n) is 8.08. The average Bonchev–Trinajstić information content (AvgIpc) is 2.74. The predicted molar refractivity (Wildman–Crippen MR) is 111 cm³/mol. The van der Waals surface area contributed by atoms with Crippen LogP contribution in [0.25, 0.3) is 0 Å². The van der Waals surface area contributed by atoms with Gasteiger partial charge < -0.3 is 9.64 Å². The van der Waals surface area contributed by atoms with Gasteiger partial charge in [0.1, 0.15) is 5.75 Å². The Labute approximate surface area is 168 Å². The SMILES string of the molecule is COc1cccc(CN2CCC[C@@H]3CN(C(=O)Cc4ccccc4)CC[C@@H]32)c1. The van der Waals surface area contributed by atoms with Crippen molar-refractivity contribution < 1.29 is 9.53 Å². The highest BCUT2D eigenvalue weighted by Crippen LogP contribution is 2.32. The van der Waals surface area contributed by atoms with Crippen LogP contribution in [0, 0.1) is 5.92 Å². The fraction of sp³-hybridized carbons (Fsp3) is 0.458. The van der Waals surface area contributed by atoms with Crippen molar-refractivity contribution in [1.29, 1.82) is 0 Å². The molecule has 2 aromatic rings. The second kappa shape index (κ2) is 8.78. The van der Waals surface area contributed by atoms with E-state index in [4.69, 9.17) is 4.74 Å². The van der Waals surface area contributed by atoms with Gasteiger partial charge in [0.15, 0.2) is 0 Å². The highest BCUT2D eigenvalue weighted by atomic mass is 16.5. The number of fused-ring (bicyclic) bond motifs is 1. The number of amides is 1. The third-order valence-electron chi connectivity index (χ3n) is 6.25. The molecule has 2 aliphatic rings. The zero-order valence-electron chi connectivity index (χ0n) is 16.7. The van der Waals surface area contributed by atoms with Crippen molar-refractivity contribution in [3.63, 3.8) is 0 Å². The molecule has 0 N–H and O–H groups in total. The fourth-order valence-corrected chi connectivity index (χ4v) is 4.82. The molecule has 1 amide bonds. The van der Waals surface area contributed by atoms with Crippen LogP contribution in [0.2, 0.25) is 0 Å². The average molecular weight is 379 g/mol. The maximum atomic E-state index is 12.8. The third kappa shape index (κ3) is 4.39. The van der Waals surface area contributed by atoms with Gasteiger partial charge in [0.25, 0.3) is 0 Å². The van der Waals surface area contributed by atoms with Crippen LogP contribution in [-0.2, 0) is 17.8 Å². The monoisotopic (exact) mass is 378 g/mol. The van der Waals surface area contributed by atoms with E-state index in [1.165, 1.54) is 18.4 Å². The summed E-state index contributed by atoms with van der Waals surface area (Å²) in [4.78, 5) is 17.5. The molecule has 148 valence electrons. The summed E-state index contributed by atoms with van der Waals surface area (Å²) in [5.74, 6) is 1.79. The number of benzene rings is 2. The summed E-state index contributed by atoms with van der Waals surface area (Å²) in [7, 11) is 1.72. The van der Waals surface area contributed by atoms with Gasteiger partial charge in [-0.1, -0.05) is 42.5 Å². The summed E-state index contributed by atoms with van der Waals surface area (Å²) in [5.41, 5.74) is 2.42.